The second-order valence-electron chi connectivity index (χ2n) is 3.97. The molecule has 0 N–H and O–H groups in total. The molecule has 3 unspecified atom stereocenters. The molecule has 2 fully saturated rings. The van der Waals surface area contributed by atoms with Crippen LogP contribution in [0, 0.1) is 5.92 Å². The van der Waals surface area contributed by atoms with Gasteiger partial charge in [0.25, 0.3) is 0 Å². The summed E-state index contributed by atoms with van der Waals surface area (Å²) in [5, 5.41) is 0. The molecule has 10 heavy (non-hydrogen) atoms. The third-order valence-corrected chi connectivity index (χ3v) is 3.21. The van der Waals surface area contributed by atoms with E-state index in [1.807, 2.05) is 0 Å². The summed E-state index contributed by atoms with van der Waals surface area (Å²) in [6.07, 6.45) is 5.99. The van der Waals surface area contributed by atoms with Gasteiger partial charge in [0.05, 0.1) is 11.7 Å². The number of hydrogen-bond donors (Lipinski definition) is 0. The Labute approximate surface area is 62.8 Å². The molecule has 1 saturated heterocycles. The summed E-state index contributed by atoms with van der Waals surface area (Å²) in [5.41, 5.74) is 0.325. The fourth-order valence-electron chi connectivity index (χ4n) is 2.09. The molecule has 0 amide bonds. The summed E-state index contributed by atoms with van der Waals surface area (Å²) in [5.74, 6) is 0.959. The van der Waals surface area contributed by atoms with Crippen LogP contribution in [-0.4, -0.2) is 11.7 Å². The highest BCUT2D eigenvalue weighted by Crippen LogP contribution is 2.49. The van der Waals surface area contributed by atoms with Gasteiger partial charge in [-0.1, -0.05) is 13.3 Å². The lowest BCUT2D eigenvalue weighted by Gasteiger charge is -2.20. The van der Waals surface area contributed by atoms with Crippen LogP contribution >= 0.6 is 0 Å². The molecule has 0 bridgehead atoms. The fraction of sp³-hybridized carbons (Fsp3) is 1.00. The molecular weight excluding hydrogens is 124 g/mol. The highest BCUT2D eigenvalue weighted by molar-refractivity contribution is 5.03. The van der Waals surface area contributed by atoms with Crippen molar-refractivity contribution in [3.8, 4) is 0 Å². The molecule has 1 nitrogen and oxygen atoms in total. The van der Waals surface area contributed by atoms with Crippen LogP contribution in [0.2, 0.25) is 0 Å². The van der Waals surface area contributed by atoms with Crippen molar-refractivity contribution in [2.24, 2.45) is 5.92 Å². The van der Waals surface area contributed by atoms with Crippen molar-refractivity contribution in [2.45, 2.75) is 51.2 Å². The Kier molecular flexibility index (Phi) is 1.31. The van der Waals surface area contributed by atoms with Crippen molar-refractivity contribution in [3.05, 3.63) is 0 Å². The molecule has 2 aliphatic rings. The topological polar surface area (TPSA) is 12.5 Å². The Morgan fingerprint density at radius 3 is 3.00 bits per heavy atom. The predicted octanol–water partition coefficient (Wildman–Crippen LogP) is 2.35. The lowest BCUT2D eigenvalue weighted by atomic mass is 9.82. The average Bonchev–Trinajstić information content (AvgIpc) is 2.59. The minimum absolute atomic E-state index is 0.325. The quantitative estimate of drug-likeness (QED) is 0.509. The smallest absolute Gasteiger partial charge is 0.0920 e. The Morgan fingerprint density at radius 2 is 2.40 bits per heavy atom. The van der Waals surface area contributed by atoms with Crippen LogP contribution in [0.3, 0.4) is 0 Å². The van der Waals surface area contributed by atoms with E-state index in [0.29, 0.717) is 11.7 Å². The van der Waals surface area contributed by atoms with E-state index < -0.39 is 0 Å². The van der Waals surface area contributed by atoms with Crippen LogP contribution < -0.4 is 0 Å². The zero-order valence-electron chi connectivity index (χ0n) is 6.89. The van der Waals surface area contributed by atoms with Gasteiger partial charge < -0.3 is 4.74 Å². The first kappa shape index (κ1) is 6.66. The summed E-state index contributed by atoms with van der Waals surface area (Å²) in [6.45, 7) is 4.54. The van der Waals surface area contributed by atoms with Crippen LogP contribution in [0.25, 0.3) is 0 Å². The zero-order chi connectivity index (χ0) is 7.19. The van der Waals surface area contributed by atoms with Gasteiger partial charge in [-0.15, -0.1) is 0 Å². The lowest BCUT2D eigenvalue weighted by Crippen LogP contribution is -2.20. The minimum Gasteiger partial charge on any atom is -0.366 e. The second-order valence-corrected chi connectivity index (χ2v) is 3.97. The standard InChI is InChI=1S/C9H16O/c1-3-7-4-5-9(2)8(6-7)10-9/h7-8H,3-6H2,1-2H3. The average molecular weight is 140 g/mol. The molecule has 1 heterocycles. The highest BCUT2D eigenvalue weighted by Gasteiger charge is 2.54. The molecule has 0 aromatic carbocycles. The van der Waals surface area contributed by atoms with E-state index in [1.54, 1.807) is 0 Å². The van der Waals surface area contributed by atoms with E-state index in [1.165, 1.54) is 25.7 Å². The van der Waals surface area contributed by atoms with E-state index in [-0.39, 0.29) is 0 Å². The van der Waals surface area contributed by atoms with Crippen LogP contribution in [-0.2, 0) is 4.74 Å². The first-order chi connectivity index (χ1) is 4.74. The van der Waals surface area contributed by atoms with Crippen molar-refractivity contribution in [1.82, 2.24) is 0 Å². The van der Waals surface area contributed by atoms with Crippen LogP contribution in [0.4, 0.5) is 0 Å². The van der Waals surface area contributed by atoms with Gasteiger partial charge in [0, 0.05) is 0 Å². The van der Waals surface area contributed by atoms with Crippen LogP contribution in [0.1, 0.15) is 39.5 Å². The molecule has 0 radical (unpaired) electrons. The van der Waals surface area contributed by atoms with Crippen molar-refractivity contribution >= 4 is 0 Å². The van der Waals surface area contributed by atoms with E-state index in [9.17, 15) is 0 Å². The van der Waals surface area contributed by atoms with Gasteiger partial charge in [-0.2, -0.15) is 0 Å². The number of ether oxygens (including phenoxy) is 1. The van der Waals surface area contributed by atoms with Crippen LogP contribution in [0.5, 0.6) is 0 Å². The first-order valence-corrected chi connectivity index (χ1v) is 4.42. The summed E-state index contributed by atoms with van der Waals surface area (Å²) in [7, 11) is 0. The van der Waals surface area contributed by atoms with Crippen LogP contribution in [0.15, 0.2) is 0 Å². The molecular formula is C9H16O. The molecule has 0 spiro atoms. The summed E-state index contributed by atoms with van der Waals surface area (Å²) in [6, 6.07) is 0. The molecule has 1 saturated carbocycles. The maximum atomic E-state index is 5.60. The predicted molar refractivity (Wildman–Crippen MR) is 40.9 cm³/mol. The van der Waals surface area contributed by atoms with Crippen molar-refractivity contribution in [1.29, 1.82) is 0 Å². The minimum atomic E-state index is 0.325. The summed E-state index contributed by atoms with van der Waals surface area (Å²) < 4.78 is 5.60. The number of rotatable bonds is 1. The summed E-state index contributed by atoms with van der Waals surface area (Å²) >= 11 is 0. The lowest BCUT2D eigenvalue weighted by molar-refractivity contribution is 0.300. The Bertz CT molecular complexity index is 144. The van der Waals surface area contributed by atoms with Crippen molar-refractivity contribution < 1.29 is 4.74 Å². The molecule has 0 aromatic rings. The molecule has 58 valence electrons. The fourth-order valence-corrected chi connectivity index (χ4v) is 2.09. The van der Waals surface area contributed by atoms with E-state index in [0.717, 1.165) is 5.92 Å². The van der Waals surface area contributed by atoms with Crippen molar-refractivity contribution in [2.75, 3.05) is 0 Å². The Morgan fingerprint density at radius 1 is 1.60 bits per heavy atom. The highest BCUT2D eigenvalue weighted by atomic mass is 16.6. The molecule has 3 atom stereocenters. The van der Waals surface area contributed by atoms with Gasteiger partial charge in [-0.3, -0.25) is 0 Å². The van der Waals surface area contributed by atoms with Gasteiger partial charge >= 0.3 is 0 Å². The van der Waals surface area contributed by atoms with Gasteiger partial charge in [0.2, 0.25) is 0 Å². The number of epoxide rings is 1. The molecule has 0 aromatic heterocycles. The summed E-state index contributed by atoms with van der Waals surface area (Å²) in [4.78, 5) is 0. The monoisotopic (exact) mass is 140 g/mol. The third-order valence-electron chi connectivity index (χ3n) is 3.21. The van der Waals surface area contributed by atoms with Gasteiger partial charge in [0.1, 0.15) is 0 Å². The van der Waals surface area contributed by atoms with Gasteiger partial charge in [-0.25, -0.2) is 0 Å². The maximum Gasteiger partial charge on any atom is 0.0920 e. The maximum absolute atomic E-state index is 5.60. The largest absolute Gasteiger partial charge is 0.366 e. The molecule has 1 heteroatoms. The Hall–Kier alpha value is -0.0400. The molecule has 1 aliphatic heterocycles. The number of hydrogen-bond acceptors (Lipinski definition) is 1. The third kappa shape index (κ3) is 0.878. The zero-order valence-corrected chi connectivity index (χ0v) is 6.89. The van der Waals surface area contributed by atoms with E-state index in [2.05, 4.69) is 13.8 Å². The van der Waals surface area contributed by atoms with E-state index in [4.69, 9.17) is 4.74 Å². The van der Waals surface area contributed by atoms with Gasteiger partial charge in [-0.05, 0) is 32.1 Å². The Balaban J connectivity index is 1.93. The van der Waals surface area contributed by atoms with Crippen molar-refractivity contribution in [3.63, 3.8) is 0 Å². The van der Waals surface area contributed by atoms with Gasteiger partial charge in [0.15, 0.2) is 0 Å². The number of fused-ring (bicyclic) bond motifs is 1. The SMILES string of the molecule is CCC1CCC2(C)OC2C1. The van der Waals surface area contributed by atoms with E-state index >= 15 is 0 Å². The second kappa shape index (κ2) is 1.97. The normalized spacial score (nSPS) is 52.2. The molecule has 1 aliphatic carbocycles. The first-order valence-electron chi connectivity index (χ1n) is 4.42. The molecule has 2 rings (SSSR count).